The fourth-order valence-corrected chi connectivity index (χ4v) is 1.60. The van der Waals surface area contributed by atoms with Crippen molar-refractivity contribution in [1.82, 2.24) is 5.43 Å². The fraction of sp³-hybridized carbons (Fsp3) is 0.467. The van der Waals surface area contributed by atoms with E-state index in [-0.39, 0.29) is 0 Å². The first-order valence-corrected chi connectivity index (χ1v) is 6.41. The van der Waals surface area contributed by atoms with E-state index < -0.39 is 11.7 Å². The predicted octanol–water partition coefficient (Wildman–Crippen LogP) is 3.25. The summed E-state index contributed by atoms with van der Waals surface area (Å²) in [4.78, 5) is 11.5. The van der Waals surface area contributed by atoms with Gasteiger partial charge in [0.1, 0.15) is 11.4 Å². The van der Waals surface area contributed by atoms with Crippen molar-refractivity contribution in [2.75, 3.05) is 7.11 Å². The van der Waals surface area contributed by atoms with Crippen LogP contribution in [-0.4, -0.2) is 24.5 Å². The maximum atomic E-state index is 11.5. The van der Waals surface area contributed by atoms with Gasteiger partial charge >= 0.3 is 6.09 Å². The first kappa shape index (κ1) is 16.0. The highest BCUT2D eigenvalue weighted by Crippen LogP contribution is 2.20. The van der Waals surface area contributed by atoms with Gasteiger partial charge in [0, 0.05) is 5.56 Å². The van der Waals surface area contributed by atoms with Gasteiger partial charge in [-0.2, -0.15) is 5.10 Å². The van der Waals surface area contributed by atoms with Gasteiger partial charge in [-0.25, -0.2) is 10.2 Å². The Morgan fingerprint density at radius 3 is 2.50 bits per heavy atom. The van der Waals surface area contributed by atoms with Crippen molar-refractivity contribution in [3.05, 3.63) is 29.3 Å². The van der Waals surface area contributed by atoms with E-state index in [1.54, 1.807) is 34.8 Å². The molecule has 0 radical (unpaired) electrons. The lowest BCUT2D eigenvalue weighted by molar-refractivity contribution is 0.0529. The minimum Gasteiger partial charge on any atom is -0.496 e. The predicted molar refractivity (Wildman–Crippen MR) is 79.3 cm³/mol. The number of hydrazone groups is 1. The van der Waals surface area contributed by atoms with E-state index in [2.05, 4.69) is 10.5 Å². The van der Waals surface area contributed by atoms with E-state index in [1.807, 2.05) is 25.1 Å². The lowest BCUT2D eigenvalue weighted by atomic mass is 10.1. The van der Waals surface area contributed by atoms with Gasteiger partial charge < -0.3 is 9.47 Å². The van der Waals surface area contributed by atoms with Crippen molar-refractivity contribution < 1.29 is 14.3 Å². The van der Waals surface area contributed by atoms with Gasteiger partial charge in [0.25, 0.3) is 0 Å². The summed E-state index contributed by atoms with van der Waals surface area (Å²) in [6.07, 6.45) is -0.580. The van der Waals surface area contributed by atoms with Gasteiger partial charge in [-0.15, -0.1) is 0 Å². The summed E-state index contributed by atoms with van der Waals surface area (Å²) < 4.78 is 10.4. The molecule has 0 unspecified atom stereocenters. The van der Waals surface area contributed by atoms with Gasteiger partial charge in [-0.3, -0.25) is 0 Å². The molecule has 0 aliphatic carbocycles. The second kappa shape index (κ2) is 6.41. The molecule has 0 aromatic heterocycles. The van der Waals surface area contributed by atoms with Crippen molar-refractivity contribution >= 4 is 11.8 Å². The van der Waals surface area contributed by atoms with E-state index in [9.17, 15) is 4.79 Å². The number of hydrogen-bond donors (Lipinski definition) is 1. The zero-order valence-electron chi connectivity index (χ0n) is 12.9. The Morgan fingerprint density at radius 2 is 1.95 bits per heavy atom. The molecule has 5 heteroatoms. The molecule has 110 valence electrons. The van der Waals surface area contributed by atoms with Crippen molar-refractivity contribution in [2.24, 2.45) is 5.10 Å². The van der Waals surface area contributed by atoms with Gasteiger partial charge in [0.15, 0.2) is 0 Å². The Kier molecular flexibility index (Phi) is 5.13. The van der Waals surface area contributed by atoms with Gasteiger partial charge in [-0.1, -0.05) is 11.6 Å². The molecule has 1 aromatic rings. The van der Waals surface area contributed by atoms with E-state index >= 15 is 0 Å². The molecule has 0 aliphatic rings. The number of carbonyl (C=O) groups excluding carboxylic acids is 1. The number of carbonyl (C=O) groups is 1. The van der Waals surface area contributed by atoms with Crippen LogP contribution < -0.4 is 10.2 Å². The topological polar surface area (TPSA) is 59.9 Å². The summed E-state index contributed by atoms with van der Waals surface area (Å²) in [5, 5.41) is 4.04. The quantitative estimate of drug-likeness (QED) is 0.682. The van der Waals surface area contributed by atoms with Gasteiger partial charge in [0.05, 0.1) is 12.8 Å². The molecule has 0 heterocycles. The molecule has 1 aromatic carbocycles. The lowest BCUT2D eigenvalue weighted by Gasteiger charge is -2.18. The minimum atomic E-state index is -0.580. The zero-order valence-corrected chi connectivity index (χ0v) is 12.9. The maximum absolute atomic E-state index is 11.5. The summed E-state index contributed by atoms with van der Waals surface area (Å²) in [5.74, 6) is 0.711. The fourth-order valence-electron chi connectivity index (χ4n) is 1.60. The highest BCUT2D eigenvalue weighted by Gasteiger charge is 2.16. The number of amides is 1. The second-order valence-electron chi connectivity index (χ2n) is 5.51. The summed E-state index contributed by atoms with van der Waals surface area (Å²) in [6.45, 7) is 9.18. The standard InChI is InChI=1S/C15H22N2O3/c1-10-7-8-13(19-6)12(9-10)11(2)16-17-14(18)20-15(3,4)5/h7-9H,1-6H3,(H,17,18)/b16-11-. The van der Waals surface area contributed by atoms with Gasteiger partial charge in [0.2, 0.25) is 0 Å². The van der Waals surface area contributed by atoms with E-state index in [0.717, 1.165) is 11.1 Å². The molecule has 0 saturated heterocycles. The number of aryl methyl sites for hydroxylation is 1. The Balaban J connectivity index is 2.84. The molecule has 1 N–H and O–H groups in total. The van der Waals surface area contributed by atoms with E-state index in [4.69, 9.17) is 9.47 Å². The number of hydrogen-bond acceptors (Lipinski definition) is 4. The molecule has 0 fully saturated rings. The Hall–Kier alpha value is -2.04. The third-order valence-electron chi connectivity index (χ3n) is 2.46. The number of methoxy groups -OCH3 is 1. The normalized spacial score (nSPS) is 12.0. The van der Waals surface area contributed by atoms with Crippen molar-refractivity contribution in [1.29, 1.82) is 0 Å². The minimum absolute atomic E-state index is 0.547. The average molecular weight is 278 g/mol. The smallest absolute Gasteiger partial charge is 0.428 e. The summed E-state index contributed by atoms with van der Waals surface area (Å²) >= 11 is 0. The molecule has 0 spiro atoms. The first-order chi connectivity index (χ1) is 9.23. The SMILES string of the molecule is COc1ccc(C)cc1/C(C)=N\NC(=O)OC(C)(C)C. The highest BCUT2D eigenvalue weighted by atomic mass is 16.6. The van der Waals surface area contributed by atoms with Gasteiger partial charge in [-0.05, 0) is 46.8 Å². The van der Waals surface area contributed by atoms with E-state index in [0.29, 0.717) is 11.5 Å². The van der Waals surface area contributed by atoms with Crippen LogP contribution >= 0.6 is 0 Å². The third-order valence-corrected chi connectivity index (χ3v) is 2.46. The molecule has 0 saturated carbocycles. The maximum Gasteiger partial charge on any atom is 0.428 e. The Bertz CT molecular complexity index is 516. The number of rotatable bonds is 3. The molecule has 20 heavy (non-hydrogen) atoms. The van der Waals surface area contributed by atoms with Crippen LogP contribution in [0.15, 0.2) is 23.3 Å². The highest BCUT2D eigenvalue weighted by molar-refractivity contribution is 6.01. The van der Waals surface area contributed by atoms with Crippen LogP contribution in [0.2, 0.25) is 0 Å². The summed E-state index contributed by atoms with van der Waals surface area (Å²) in [5.41, 5.74) is 4.41. The third kappa shape index (κ3) is 4.91. The van der Waals surface area contributed by atoms with Crippen LogP contribution in [0.25, 0.3) is 0 Å². The van der Waals surface area contributed by atoms with Crippen LogP contribution in [0, 0.1) is 6.92 Å². The number of nitrogens with one attached hydrogen (secondary N) is 1. The van der Waals surface area contributed by atoms with Crippen molar-refractivity contribution in [2.45, 2.75) is 40.2 Å². The average Bonchev–Trinajstić information content (AvgIpc) is 2.33. The molecule has 0 atom stereocenters. The number of ether oxygens (including phenoxy) is 2. The Morgan fingerprint density at radius 1 is 1.30 bits per heavy atom. The molecule has 0 aliphatic heterocycles. The zero-order chi connectivity index (χ0) is 15.3. The van der Waals surface area contributed by atoms with E-state index in [1.165, 1.54) is 0 Å². The first-order valence-electron chi connectivity index (χ1n) is 6.41. The molecule has 1 rings (SSSR count). The number of benzene rings is 1. The second-order valence-corrected chi connectivity index (χ2v) is 5.51. The molecule has 5 nitrogen and oxygen atoms in total. The van der Waals surface area contributed by atoms with Crippen molar-refractivity contribution in [3.63, 3.8) is 0 Å². The lowest BCUT2D eigenvalue weighted by Crippen LogP contribution is -2.30. The van der Waals surface area contributed by atoms with Crippen LogP contribution in [0.4, 0.5) is 4.79 Å². The van der Waals surface area contributed by atoms with Crippen LogP contribution in [0.3, 0.4) is 0 Å². The van der Waals surface area contributed by atoms with Crippen LogP contribution in [-0.2, 0) is 4.74 Å². The molecule has 0 bridgehead atoms. The summed E-state index contributed by atoms with van der Waals surface area (Å²) in [7, 11) is 1.60. The molecule has 1 amide bonds. The van der Waals surface area contributed by atoms with Crippen LogP contribution in [0.5, 0.6) is 5.75 Å². The molecular weight excluding hydrogens is 256 g/mol. The largest absolute Gasteiger partial charge is 0.496 e. The summed E-state index contributed by atoms with van der Waals surface area (Å²) in [6, 6.07) is 5.78. The Labute approximate surface area is 120 Å². The van der Waals surface area contributed by atoms with Crippen LogP contribution in [0.1, 0.15) is 38.8 Å². The molecular formula is C15H22N2O3. The monoisotopic (exact) mass is 278 g/mol. The van der Waals surface area contributed by atoms with Crippen molar-refractivity contribution in [3.8, 4) is 5.75 Å². The number of nitrogens with zero attached hydrogens (tertiary/aromatic N) is 1.